The molecule has 4 heteroatoms. The monoisotopic (exact) mass is 299 g/mol. The van der Waals surface area contributed by atoms with Crippen LogP contribution in [0, 0.1) is 5.82 Å². The molecule has 1 aromatic carbocycles. The number of hydrogen-bond donors (Lipinski definition) is 1. The summed E-state index contributed by atoms with van der Waals surface area (Å²) < 4.78 is 13.8. The van der Waals surface area contributed by atoms with Gasteiger partial charge in [0.1, 0.15) is 5.82 Å². The molecule has 0 radical (unpaired) electrons. The molecule has 2 rings (SSSR count). The smallest absolute Gasteiger partial charge is 0.123 e. The Morgan fingerprint density at radius 1 is 1.12 bits per heavy atom. The standard InChI is InChI=1S/C12H11BrFNS/c13-11-5-6-16-12(11)8-15-7-9-1-3-10(14)4-2-9/h1-6,15H,7-8H2. The number of nitrogens with one attached hydrogen (secondary N) is 1. The molecule has 0 bridgehead atoms. The molecule has 2 aromatic rings. The van der Waals surface area contributed by atoms with Gasteiger partial charge in [-0.2, -0.15) is 0 Å². The quantitative estimate of drug-likeness (QED) is 0.902. The Morgan fingerprint density at radius 3 is 2.50 bits per heavy atom. The first kappa shape index (κ1) is 11.8. The first-order chi connectivity index (χ1) is 7.75. The van der Waals surface area contributed by atoms with Gasteiger partial charge >= 0.3 is 0 Å². The van der Waals surface area contributed by atoms with Gasteiger partial charge in [-0.05, 0) is 45.1 Å². The van der Waals surface area contributed by atoms with Crippen LogP contribution in [0.5, 0.6) is 0 Å². The minimum Gasteiger partial charge on any atom is -0.308 e. The van der Waals surface area contributed by atoms with Crippen LogP contribution >= 0.6 is 27.3 Å². The average Bonchev–Trinajstić information content (AvgIpc) is 2.68. The highest BCUT2D eigenvalue weighted by molar-refractivity contribution is 9.10. The SMILES string of the molecule is Fc1ccc(CNCc2sccc2Br)cc1. The molecule has 0 fully saturated rings. The van der Waals surface area contributed by atoms with E-state index in [1.54, 1.807) is 23.5 Å². The Balaban J connectivity index is 1.84. The maximum absolute atomic E-state index is 12.7. The van der Waals surface area contributed by atoms with Crippen LogP contribution in [0.3, 0.4) is 0 Å². The number of benzene rings is 1. The molecule has 0 saturated carbocycles. The van der Waals surface area contributed by atoms with Gasteiger partial charge in [-0.3, -0.25) is 0 Å². The van der Waals surface area contributed by atoms with Gasteiger partial charge in [-0.1, -0.05) is 12.1 Å². The van der Waals surface area contributed by atoms with Crippen molar-refractivity contribution in [2.75, 3.05) is 0 Å². The lowest BCUT2D eigenvalue weighted by Crippen LogP contribution is -2.11. The second-order valence-electron chi connectivity index (χ2n) is 3.42. The summed E-state index contributed by atoms with van der Waals surface area (Å²) in [7, 11) is 0. The minimum atomic E-state index is -0.190. The summed E-state index contributed by atoms with van der Waals surface area (Å²) in [5.41, 5.74) is 1.09. The highest BCUT2D eigenvalue weighted by Gasteiger charge is 2.00. The van der Waals surface area contributed by atoms with E-state index in [0.717, 1.165) is 23.1 Å². The molecule has 0 spiro atoms. The summed E-state index contributed by atoms with van der Waals surface area (Å²) in [5, 5.41) is 5.38. The largest absolute Gasteiger partial charge is 0.308 e. The van der Waals surface area contributed by atoms with Crippen LogP contribution in [-0.4, -0.2) is 0 Å². The molecule has 84 valence electrons. The van der Waals surface area contributed by atoms with Crippen molar-refractivity contribution in [1.29, 1.82) is 0 Å². The van der Waals surface area contributed by atoms with Crippen LogP contribution in [-0.2, 0) is 13.1 Å². The van der Waals surface area contributed by atoms with Crippen LogP contribution in [0.4, 0.5) is 4.39 Å². The fourth-order valence-corrected chi connectivity index (χ4v) is 2.84. The summed E-state index contributed by atoms with van der Waals surface area (Å²) >= 11 is 5.20. The van der Waals surface area contributed by atoms with E-state index in [0.29, 0.717) is 0 Å². The summed E-state index contributed by atoms with van der Waals surface area (Å²) in [5.74, 6) is -0.190. The summed E-state index contributed by atoms with van der Waals surface area (Å²) in [4.78, 5) is 1.28. The van der Waals surface area contributed by atoms with Crippen molar-refractivity contribution >= 4 is 27.3 Å². The molecule has 0 aliphatic rings. The van der Waals surface area contributed by atoms with Crippen molar-refractivity contribution in [3.05, 3.63) is 56.4 Å². The molecular formula is C12H11BrFNS. The Bertz CT molecular complexity index is 452. The number of thiophene rings is 1. The predicted octanol–water partition coefficient (Wildman–Crippen LogP) is 3.94. The molecule has 0 amide bonds. The highest BCUT2D eigenvalue weighted by atomic mass is 79.9. The fourth-order valence-electron chi connectivity index (χ4n) is 1.37. The first-order valence-electron chi connectivity index (χ1n) is 4.93. The third kappa shape index (κ3) is 3.14. The molecule has 0 aliphatic heterocycles. The minimum absolute atomic E-state index is 0.190. The van der Waals surface area contributed by atoms with Crippen molar-refractivity contribution in [3.8, 4) is 0 Å². The van der Waals surface area contributed by atoms with Crippen LogP contribution in [0.15, 0.2) is 40.2 Å². The topological polar surface area (TPSA) is 12.0 Å². The zero-order valence-corrected chi connectivity index (χ0v) is 10.9. The lowest BCUT2D eigenvalue weighted by atomic mass is 10.2. The van der Waals surface area contributed by atoms with Crippen molar-refractivity contribution < 1.29 is 4.39 Å². The Labute approximate surface area is 106 Å². The van der Waals surface area contributed by atoms with Gasteiger partial charge in [-0.25, -0.2) is 4.39 Å². The molecule has 0 aliphatic carbocycles. The maximum atomic E-state index is 12.7. The Kier molecular flexibility index (Phi) is 4.09. The van der Waals surface area contributed by atoms with E-state index in [9.17, 15) is 4.39 Å². The molecule has 16 heavy (non-hydrogen) atoms. The lowest BCUT2D eigenvalue weighted by molar-refractivity contribution is 0.625. The number of rotatable bonds is 4. The van der Waals surface area contributed by atoms with E-state index in [1.807, 2.05) is 6.07 Å². The van der Waals surface area contributed by atoms with E-state index in [-0.39, 0.29) is 5.82 Å². The van der Waals surface area contributed by atoms with Gasteiger partial charge in [0, 0.05) is 22.4 Å². The third-order valence-corrected chi connectivity index (χ3v) is 4.15. The van der Waals surface area contributed by atoms with Crippen LogP contribution in [0.25, 0.3) is 0 Å². The van der Waals surface area contributed by atoms with E-state index in [4.69, 9.17) is 0 Å². The van der Waals surface area contributed by atoms with Crippen molar-refractivity contribution in [3.63, 3.8) is 0 Å². The zero-order valence-electron chi connectivity index (χ0n) is 8.54. The summed E-state index contributed by atoms with van der Waals surface area (Å²) in [6.07, 6.45) is 0. The molecule has 1 nitrogen and oxygen atoms in total. The molecule has 1 aromatic heterocycles. The molecule has 1 N–H and O–H groups in total. The van der Waals surface area contributed by atoms with Crippen molar-refractivity contribution in [2.24, 2.45) is 0 Å². The van der Waals surface area contributed by atoms with Gasteiger partial charge in [0.05, 0.1) is 0 Å². The maximum Gasteiger partial charge on any atom is 0.123 e. The average molecular weight is 300 g/mol. The van der Waals surface area contributed by atoms with Crippen molar-refractivity contribution in [1.82, 2.24) is 5.32 Å². The highest BCUT2D eigenvalue weighted by Crippen LogP contribution is 2.22. The second-order valence-corrected chi connectivity index (χ2v) is 5.28. The molecule has 0 atom stereocenters. The molecule has 1 heterocycles. The lowest BCUT2D eigenvalue weighted by Gasteiger charge is -2.03. The summed E-state index contributed by atoms with van der Waals surface area (Å²) in [6, 6.07) is 8.60. The summed E-state index contributed by atoms with van der Waals surface area (Å²) in [6.45, 7) is 1.58. The van der Waals surface area contributed by atoms with Gasteiger partial charge in [-0.15, -0.1) is 11.3 Å². The van der Waals surface area contributed by atoms with E-state index in [1.165, 1.54) is 17.0 Å². The van der Waals surface area contributed by atoms with Crippen molar-refractivity contribution in [2.45, 2.75) is 13.1 Å². The molecular weight excluding hydrogens is 289 g/mol. The Morgan fingerprint density at radius 2 is 1.88 bits per heavy atom. The normalized spacial score (nSPS) is 10.6. The predicted molar refractivity (Wildman–Crippen MR) is 69.0 cm³/mol. The van der Waals surface area contributed by atoms with Crippen LogP contribution in [0.2, 0.25) is 0 Å². The van der Waals surface area contributed by atoms with Gasteiger partial charge in [0.2, 0.25) is 0 Å². The fraction of sp³-hybridized carbons (Fsp3) is 0.167. The van der Waals surface area contributed by atoms with E-state index in [2.05, 4.69) is 26.6 Å². The van der Waals surface area contributed by atoms with E-state index < -0.39 is 0 Å². The third-order valence-electron chi connectivity index (χ3n) is 2.22. The Hall–Kier alpha value is -0.710. The number of halogens is 2. The van der Waals surface area contributed by atoms with Crippen LogP contribution in [0.1, 0.15) is 10.4 Å². The first-order valence-corrected chi connectivity index (χ1v) is 6.60. The second kappa shape index (κ2) is 5.57. The zero-order chi connectivity index (χ0) is 11.4. The number of hydrogen-bond acceptors (Lipinski definition) is 2. The molecule has 0 saturated heterocycles. The van der Waals surface area contributed by atoms with Gasteiger partial charge in [0.25, 0.3) is 0 Å². The van der Waals surface area contributed by atoms with Crippen LogP contribution < -0.4 is 5.32 Å². The molecule has 0 unspecified atom stereocenters. The van der Waals surface area contributed by atoms with Gasteiger partial charge < -0.3 is 5.32 Å². The van der Waals surface area contributed by atoms with E-state index >= 15 is 0 Å². The van der Waals surface area contributed by atoms with Gasteiger partial charge in [0.15, 0.2) is 0 Å².